The second kappa shape index (κ2) is 4.49. The lowest BCUT2D eigenvalue weighted by atomic mass is 10.2. The molecule has 0 spiro atoms. The molecule has 0 aromatic heterocycles. The number of aromatic hydroxyl groups is 1. The first-order valence-corrected chi connectivity index (χ1v) is 5.73. The summed E-state index contributed by atoms with van der Waals surface area (Å²) >= 11 is 0. The number of ether oxygens (including phenoxy) is 2. The van der Waals surface area contributed by atoms with Crippen LogP contribution in [0.5, 0.6) is 17.2 Å². The highest BCUT2D eigenvalue weighted by Crippen LogP contribution is 2.34. The third kappa shape index (κ3) is 2.05. The summed E-state index contributed by atoms with van der Waals surface area (Å²) in [5, 5.41) is 12.9. The highest BCUT2D eigenvalue weighted by molar-refractivity contribution is 5.56. The molecule has 4 nitrogen and oxygen atoms in total. The van der Waals surface area contributed by atoms with Crippen LogP contribution in [0.1, 0.15) is 5.56 Å². The zero-order valence-corrected chi connectivity index (χ0v) is 9.72. The first kappa shape index (κ1) is 10.8. The third-order valence-corrected chi connectivity index (χ3v) is 2.85. The van der Waals surface area contributed by atoms with Crippen LogP contribution >= 0.6 is 0 Å². The monoisotopic (exact) mass is 243 g/mol. The van der Waals surface area contributed by atoms with Crippen LogP contribution in [-0.2, 0) is 6.54 Å². The standard InChI is InChI=1S/C14H13NO3/c16-12-4-2-1-3-10(12)8-15-11-5-6-13-14(7-11)18-9-17-13/h1-7,15-16H,8-9H2. The number of rotatable bonds is 3. The summed E-state index contributed by atoms with van der Waals surface area (Å²) in [6.07, 6.45) is 0. The Morgan fingerprint density at radius 2 is 1.89 bits per heavy atom. The molecule has 0 unspecified atom stereocenters. The predicted octanol–water partition coefficient (Wildman–Crippen LogP) is 2.73. The van der Waals surface area contributed by atoms with Crippen LogP contribution in [0, 0.1) is 0 Å². The minimum atomic E-state index is 0.276. The Kier molecular flexibility index (Phi) is 2.68. The number of hydrogen-bond donors (Lipinski definition) is 2. The normalized spacial score (nSPS) is 12.4. The van der Waals surface area contributed by atoms with Crippen molar-refractivity contribution in [3.8, 4) is 17.2 Å². The Labute approximate surface area is 105 Å². The fourth-order valence-electron chi connectivity index (χ4n) is 1.86. The molecule has 1 aliphatic heterocycles. The van der Waals surface area contributed by atoms with Crippen LogP contribution in [0.25, 0.3) is 0 Å². The van der Waals surface area contributed by atoms with Crippen molar-refractivity contribution >= 4 is 5.69 Å². The van der Waals surface area contributed by atoms with E-state index in [9.17, 15) is 5.11 Å². The lowest BCUT2D eigenvalue weighted by Gasteiger charge is -2.08. The fourth-order valence-corrected chi connectivity index (χ4v) is 1.86. The van der Waals surface area contributed by atoms with Gasteiger partial charge in [-0.2, -0.15) is 0 Å². The molecule has 1 heterocycles. The Bertz CT molecular complexity index is 569. The SMILES string of the molecule is Oc1ccccc1CNc1ccc2c(c1)OCO2. The third-order valence-electron chi connectivity index (χ3n) is 2.85. The van der Waals surface area contributed by atoms with E-state index in [1.807, 2.05) is 30.3 Å². The molecule has 0 fully saturated rings. The van der Waals surface area contributed by atoms with Gasteiger partial charge in [0.25, 0.3) is 0 Å². The maximum absolute atomic E-state index is 9.66. The molecule has 3 rings (SSSR count). The van der Waals surface area contributed by atoms with Crippen LogP contribution < -0.4 is 14.8 Å². The van der Waals surface area contributed by atoms with Crippen molar-refractivity contribution in [3.05, 3.63) is 48.0 Å². The molecule has 2 aromatic rings. The van der Waals surface area contributed by atoms with E-state index in [0.717, 1.165) is 22.7 Å². The maximum atomic E-state index is 9.66. The number of fused-ring (bicyclic) bond motifs is 1. The minimum Gasteiger partial charge on any atom is -0.508 e. The van der Waals surface area contributed by atoms with Crippen molar-refractivity contribution in [2.45, 2.75) is 6.54 Å². The molecule has 4 heteroatoms. The number of phenols is 1. The number of anilines is 1. The van der Waals surface area contributed by atoms with E-state index >= 15 is 0 Å². The van der Waals surface area contributed by atoms with Crippen molar-refractivity contribution in [2.75, 3.05) is 12.1 Å². The number of para-hydroxylation sites is 1. The minimum absolute atomic E-state index is 0.276. The van der Waals surface area contributed by atoms with Gasteiger partial charge in [0.2, 0.25) is 6.79 Å². The van der Waals surface area contributed by atoms with E-state index in [2.05, 4.69) is 5.32 Å². The van der Waals surface area contributed by atoms with E-state index in [1.165, 1.54) is 0 Å². The lowest BCUT2D eigenvalue weighted by Crippen LogP contribution is -1.99. The molecular formula is C14H13NO3. The number of nitrogens with one attached hydrogen (secondary N) is 1. The topological polar surface area (TPSA) is 50.7 Å². The Morgan fingerprint density at radius 1 is 1.06 bits per heavy atom. The highest BCUT2D eigenvalue weighted by atomic mass is 16.7. The van der Waals surface area contributed by atoms with Crippen LogP contribution in [0.15, 0.2) is 42.5 Å². The van der Waals surface area contributed by atoms with Gasteiger partial charge >= 0.3 is 0 Å². The largest absolute Gasteiger partial charge is 0.508 e. The summed E-state index contributed by atoms with van der Waals surface area (Å²) in [4.78, 5) is 0. The molecule has 92 valence electrons. The molecule has 2 N–H and O–H groups in total. The van der Waals surface area contributed by atoms with Gasteiger partial charge in [0.15, 0.2) is 11.5 Å². The molecule has 0 saturated carbocycles. The van der Waals surface area contributed by atoms with E-state index in [0.29, 0.717) is 12.3 Å². The molecular weight excluding hydrogens is 230 g/mol. The summed E-state index contributed by atoms with van der Waals surface area (Å²) in [6, 6.07) is 13.0. The first-order valence-electron chi connectivity index (χ1n) is 5.73. The smallest absolute Gasteiger partial charge is 0.231 e. The Hall–Kier alpha value is -2.36. The van der Waals surface area contributed by atoms with Gasteiger partial charge in [0.05, 0.1) is 0 Å². The van der Waals surface area contributed by atoms with Crippen LogP contribution in [0.4, 0.5) is 5.69 Å². The lowest BCUT2D eigenvalue weighted by molar-refractivity contribution is 0.174. The van der Waals surface area contributed by atoms with Crippen molar-refractivity contribution in [3.63, 3.8) is 0 Å². The average molecular weight is 243 g/mol. The average Bonchev–Trinajstić information content (AvgIpc) is 2.85. The molecule has 0 radical (unpaired) electrons. The van der Waals surface area contributed by atoms with E-state index in [-0.39, 0.29) is 6.79 Å². The summed E-state index contributed by atoms with van der Waals surface area (Å²) in [5.41, 5.74) is 1.79. The van der Waals surface area contributed by atoms with Crippen molar-refractivity contribution in [2.24, 2.45) is 0 Å². The van der Waals surface area contributed by atoms with E-state index < -0.39 is 0 Å². The molecule has 18 heavy (non-hydrogen) atoms. The fraction of sp³-hybridized carbons (Fsp3) is 0.143. The van der Waals surface area contributed by atoms with Gasteiger partial charge in [-0.05, 0) is 18.2 Å². The molecule has 2 aromatic carbocycles. The molecule has 1 aliphatic rings. The quantitative estimate of drug-likeness (QED) is 0.870. The van der Waals surface area contributed by atoms with Crippen LogP contribution in [0.3, 0.4) is 0 Å². The Balaban J connectivity index is 1.72. The second-order valence-corrected chi connectivity index (χ2v) is 4.05. The van der Waals surface area contributed by atoms with Crippen LogP contribution in [-0.4, -0.2) is 11.9 Å². The predicted molar refractivity (Wildman–Crippen MR) is 68.0 cm³/mol. The van der Waals surface area contributed by atoms with Gasteiger partial charge in [-0.25, -0.2) is 0 Å². The summed E-state index contributed by atoms with van der Waals surface area (Å²) in [6.45, 7) is 0.838. The van der Waals surface area contributed by atoms with Crippen molar-refractivity contribution in [1.82, 2.24) is 0 Å². The molecule has 0 aliphatic carbocycles. The number of hydrogen-bond acceptors (Lipinski definition) is 4. The molecule has 0 saturated heterocycles. The van der Waals surface area contributed by atoms with Crippen molar-refractivity contribution < 1.29 is 14.6 Å². The Morgan fingerprint density at radius 3 is 2.78 bits per heavy atom. The number of benzene rings is 2. The van der Waals surface area contributed by atoms with Gasteiger partial charge in [-0.15, -0.1) is 0 Å². The van der Waals surface area contributed by atoms with Gasteiger partial charge in [-0.3, -0.25) is 0 Å². The number of phenolic OH excluding ortho intramolecular Hbond substituents is 1. The zero-order valence-electron chi connectivity index (χ0n) is 9.72. The first-order chi connectivity index (χ1) is 8.83. The highest BCUT2D eigenvalue weighted by Gasteiger charge is 2.13. The summed E-state index contributed by atoms with van der Waals surface area (Å²) in [5.74, 6) is 1.81. The molecule has 0 bridgehead atoms. The van der Waals surface area contributed by atoms with Crippen molar-refractivity contribution in [1.29, 1.82) is 0 Å². The molecule has 0 atom stereocenters. The van der Waals surface area contributed by atoms with Gasteiger partial charge in [0, 0.05) is 23.9 Å². The van der Waals surface area contributed by atoms with Crippen LogP contribution in [0.2, 0.25) is 0 Å². The van der Waals surface area contributed by atoms with E-state index in [1.54, 1.807) is 12.1 Å². The second-order valence-electron chi connectivity index (χ2n) is 4.05. The maximum Gasteiger partial charge on any atom is 0.231 e. The van der Waals surface area contributed by atoms with Gasteiger partial charge < -0.3 is 19.9 Å². The molecule has 0 amide bonds. The summed E-state index contributed by atoms with van der Waals surface area (Å²) < 4.78 is 10.5. The zero-order chi connectivity index (χ0) is 12.4. The van der Waals surface area contributed by atoms with Gasteiger partial charge in [0.1, 0.15) is 5.75 Å². The van der Waals surface area contributed by atoms with E-state index in [4.69, 9.17) is 9.47 Å². The van der Waals surface area contributed by atoms with Gasteiger partial charge in [-0.1, -0.05) is 18.2 Å². The summed E-state index contributed by atoms with van der Waals surface area (Å²) in [7, 11) is 0.